The van der Waals surface area contributed by atoms with Crippen LogP contribution in [0.3, 0.4) is 0 Å². The fourth-order valence-electron chi connectivity index (χ4n) is 1.81. The first-order chi connectivity index (χ1) is 10.1. The molecule has 2 aromatic rings. The molecule has 0 spiro atoms. The van der Waals surface area contributed by atoms with Crippen LogP contribution in [0.5, 0.6) is 0 Å². The van der Waals surface area contributed by atoms with Gasteiger partial charge in [0.1, 0.15) is 16.7 Å². The van der Waals surface area contributed by atoms with Crippen molar-refractivity contribution in [2.45, 2.75) is 18.4 Å². The van der Waals surface area contributed by atoms with E-state index in [2.05, 4.69) is 9.97 Å². The Morgan fingerprint density at radius 3 is 2.48 bits per heavy atom. The third-order valence-electron chi connectivity index (χ3n) is 2.95. The van der Waals surface area contributed by atoms with Crippen molar-refractivity contribution in [2.24, 2.45) is 0 Å². The highest BCUT2D eigenvalue weighted by Gasteiger charge is 2.23. The molecule has 0 atom stereocenters. The first kappa shape index (κ1) is 15.1. The average molecular weight is 302 g/mol. The monoisotopic (exact) mass is 302 g/mol. The van der Waals surface area contributed by atoms with E-state index in [-0.39, 0.29) is 17.1 Å². The third kappa shape index (κ3) is 3.42. The molecule has 0 aromatic carbocycles. The Kier molecular flexibility index (Phi) is 4.62. The van der Waals surface area contributed by atoms with Gasteiger partial charge in [0.25, 0.3) is 0 Å². The third-order valence-corrected chi connectivity index (χ3v) is 4.85. The molecule has 21 heavy (non-hydrogen) atoms. The summed E-state index contributed by atoms with van der Waals surface area (Å²) in [5.41, 5.74) is 1.04. The highest BCUT2D eigenvalue weighted by atomic mass is 32.2. The van der Waals surface area contributed by atoms with Gasteiger partial charge in [-0.05, 0) is 29.8 Å². The SMILES string of the molecule is CCN(Cc1ccncc1)S(=O)(=O)c1ccc(C#N)nc1. The number of rotatable bonds is 5. The maximum atomic E-state index is 12.6. The summed E-state index contributed by atoms with van der Waals surface area (Å²) in [6.45, 7) is 2.38. The van der Waals surface area contributed by atoms with Gasteiger partial charge in [-0.15, -0.1) is 0 Å². The van der Waals surface area contributed by atoms with Gasteiger partial charge in [0.2, 0.25) is 10.0 Å². The van der Waals surface area contributed by atoms with Gasteiger partial charge in [0, 0.05) is 31.7 Å². The normalized spacial score (nSPS) is 11.3. The zero-order chi connectivity index (χ0) is 15.3. The maximum absolute atomic E-state index is 12.6. The highest BCUT2D eigenvalue weighted by Crippen LogP contribution is 2.17. The lowest BCUT2D eigenvalue weighted by Crippen LogP contribution is -2.30. The molecule has 0 aliphatic carbocycles. The molecule has 0 aliphatic heterocycles. The van der Waals surface area contributed by atoms with E-state index in [0.29, 0.717) is 6.54 Å². The molecule has 2 heterocycles. The van der Waals surface area contributed by atoms with Gasteiger partial charge >= 0.3 is 0 Å². The van der Waals surface area contributed by atoms with E-state index in [1.165, 1.54) is 22.6 Å². The van der Waals surface area contributed by atoms with Crippen molar-refractivity contribution < 1.29 is 8.42 Å². The number of sulfonamides is 1. The van der Waals surface area contributed by atoms with Gasteiger partial charge in [-0.25, -0.2) is 13.4 Å². The topological polar surface area (TPSA) is 87.0 Å². The predicted octanol–water partition coefficient (Wildman–Crippen LogP) is 1.56. The van der Waals surface area contributed by atoms with Crippen LogP contribution in [-0.4, -0.2) is 29.2 Å². The van der Waals surface area contributed by atoms with Crippen LogP contribution in [-0.2, 0) is 16.6 Å². The van der Waals surface area contributed by atoms with E-state index in [1.807, 2.05) is 6.07 Å². The molecule has 7 heteroatoms. The second-order valence-corrected chi connectivity index (χ2v) is 6.22. The van der Waals surface area contributed by atoms with Crippen LogP contribution >= 0.6 is 0 Å². The number of aromatic nitrogens is 2. The zero-order valence-electron chi connectivity index (χ0n) is 11.5. The van der Waals surface area contributed by atoms with Gasteiger partial charge < -0.3 is 0 Å². The molecule has 108 valence electrons. The van der Waals surface area contributed by atoms with Gasteiger partial charge in [-0.1, -0.05) is 6.92 Å². The number of pyridine rings is 2. The maximum Gasteiger partial charge on any atom is 0.244 e. The Bertz CT molecular complexity index is 737. The number of hydrogen-bond donors (Lipinski definition) is 0. The van der Waals surface area contributed by atoms with Gasteiger partial charge in [-0.2, -0.15) is 9.57 Å². The zero-order valence-corrected chi connectivity index (χ0v) is 12.3. The molecule has 0 bridgehead atoms. The fourth-order valence-corrected chi connectivity index (χ4v) is 3.19. The lowest BCUT2D eigenvalue weighted by atomic mass is 10.3. The van der Waals surface area contributed by atoms with Gasteiger partial charge in [-0.3, -0.25) is 4.98 Å². The van der Waals surface area contributed by atoms with E-state index in [1.54, 1.807) is 31.5 Å². The van der Waals surface area contributed by atoms with Crippen molar-refractivity contribution in [3.63, 3.8) is 0 Å². The first-order valence-corrected chi connectivity index (χ1v) is 7.77. The molecule has 0 fully saturated rings. The molecule has 0 saturated carbocycles. The minimum atomic E-state index is -3.63. The Morgan fingerprint density at radius 2 is 1.95 bits per heavy atom. The molecular formula is C14H14N4O2S. The molecule has 0 saturated heterocycles. The molecular weight excluding hydrogens is 288 g/mol. The van der Waals surface area contributed by atoms with E-state index < -0.39 is 10.0 Å². The van der Waals surface area contributed by atoms with Crippen LogP contribution in [0, 0.1) is 11.3 Å². The number of nitriles is 1. The van der Waals surface area contributed by atoms with Crippen molar-refractivity contribution in [1.82, 2.24) is 14.3 Å². The van der Waals surface area contributed by atoms with E-state index in [9.17, 15) is 8.42 Å². The molecule has 0 aliphatic rings. The standard InChI is InChI=1S/C14H14N4O2S/c1-2-18(11-12-5-7-16-8-6-12)21(19,20)14-4-3-13(9-15)17-10-14/h3-8,10H,2,11H2,1H3. The minimum Gasteiger partial charge on any atom is -0.265 e. The van der Waals surface area contributed by atoms with Crippen LogP contribution in [0.15, 0.2) is 47.8 Å². The smallest absolute Gasteiger partial charge is 0.244 e. The summed E-state index contributed by atoms with van der Waals surface area (Å²) in [6, 6.07) is 8.20. The second-order valence-electron chi connectivity index (χ2n) is 4.28. The summed E-state index contributed by atoms with van der Waals surface area (Å²) >= 11 is 0. The summed E-state index contributed by atoms with van der Waals surface area (Å²) in [5.74, 6) is 0. The average Bonchev–Trinajstić information content (AvgIpc) is 2.53. The largest absolute Gasteiger partial charge is 0.265 e. The van der Waals surface area contributed by atoms with E-state index >= 15 is 0 Å². The molecule has 6 nitrogen and oxygen atoms in total. The predicted molar refractivity (Wildman–Crippen MR) is 76.5 cm³/mol. The number of nitrogens with zero attached hydrogens (tertiary/aromatic N) is 4. The summed E-state index contributed by atoms with van der Waals surface area (Å²) in [5, 5.41) is 8.70. The quantitative estimate of drug-likeness (QED) is 0.836. The van der Waals surface area contributed by atoms with Crippen LogP contribution in [0.2, 0.25) is 0 Å². The summed E-state index contributed by atoms with van der Waals surface area (Å²) in [6.07, 6.45) is 4.46. The van der Waals surface area contributed by atoms with Gasteiger partial charge in [0.05, 0.1) is 0 Å². The van der Waals surface area contributed by atoms with Crippen LogP contribution in [0.25, 0.3) is 0 Å². The molecule has 0 N–H and O–H groups in total. The lowest BCUT2D eigenvalue weighted by Gasteiger charge is -2.20. The minimum absolute atomic E-state index is 0.0809. The lowest BCUT2D eigenvalue weighted by molar-refractivity contribution is 0.423. The Hall–Kier alpha value is -2.30. The van der Waals surface area contributed by atoms with Crippen LogP contribution in [0.4, 0.5) is 0 Å². The fraction of sp³-hybridized carbons (Fsp3) is 0.214. The molecule has 2 rings (SSSR count). The Balaban J connectivity index is 2.29. The number of hydrogen-bond acceptors (Lipinski definition) is 5. The molecule has 0 unspecified atom stereocenters. The molecule has 2 aromatic heterocycles. The first-order valence-electron chi connectivity index (χ1n) is 6.33. The Labute approximate surface area is 123 Å². The highest BCUT2D eigenvalue weighted by molar-refractivity contribution is 7.89. The van der Waals surface area contributed by atoms with Gasteiger partial charge in [0.15, 0.2) is 0 Å². The summed E-state index contributed by atoms with van der Waals surface area (Å²) < 4.78 is 26.5. The Morgan fingerprint density at radius 1 is 1.24 bits per heavy atom. The van der Waals surface area contributed by atoms with Crippen molar-refractivity contribution in [1.29, 1.82) is 5.26 Å². The summed E-state index contributed by atoms with van der Waals surface area (Å²) in [4.78, 5) is 7.80. The molecule has 0 radical (unpaired) electrons. The van der Waals surface area contributed by atoms with Crippen molar-refractivity contribution in [2.75, 3.05) is 6.54 Å². The van der Waals surface area contributed by atoms with E-state index in [4.69, 9.17) is 5.26 Å². The van der Waals surface area contributed by atoms with Crippen molar-refractivity contribution in [3.05, 3.63) is 54.1 Å². The summed E-state index contributed by atoms with van der Waals surface area (Å²) in [7, 11) is -3.63. The van der Waals surface area contributed by atoms with Crippen LogP contribution in [0.1, 0.15) is 18.2 Å². The van der Waals surface area contributed by atoms with Crippen molar-refractivity contribution in [3.8, 4) is 6.07 Å². The van der Waals surface area contributed by atoms with E-state index in [0.717, 1.165) is 5.56 Å². The van der Waals surface area contributed by atoms with Crippen molar-refractivity contribution >= 4 is 10.0 Å². The second kappa shape index (κ2) is 6.43. The molecule has 0 amide bonds. The van der Waals surface area contributed by atoms with Crippen LogP contribution < -0.4 is 0 Å².